The first kappa shape index (κ1) is 27.6. The molecule has 12 heteroatoms. The average Bonchev–Trinajstić information content (AvgIpc) is 2.84. The Labute approximate surface area is 216 Å². The second-order valence-corrected chi connectivity index (χ2v) is 8.66. The molecule has 37 heavy (non-hydrogen) atoms. The van der Waals surface area contributed by atoms with Gasteiger partial charge in [0, 0.05) is 31.6 Å². The number of ether oxygens (including phenoxy) is 1. The summed E-state index contributed by atoms with van der Waals surface area (Å²) in [5.41, 5.74) is 0.358. The Morgan fingerprint density at radius 1 is 1.16 bits per heavy atom. The van der Waals surface area contributed by atoms with E-state index in [4.69, 9.17) is 21.4 Å². The van der Waals surface area contributed by atoms with E-state index >= 15 is 0 Å². The summed E-state index contributed by atoms with van der Waals surface area (Å²) in [5, 5.41) is 15.3. The number of hydrogen-bond acceptors (Lipinski definition) is 5. The maximum atomic E-state index is 13.7. The zero-order chi connectivity index (χ0) is 27.1. The van der Waals surface area contributed by atoms with Gasteiger partial charge in [-0.3, -0.25) is 10.1 Å². The lowest BCUT2D eigenvalue weighted by Gasteiger charge is -2.32. The van der Waals surface area contributed by atoms with Crippen molar-refractivity contribution in [2.75, 3.05) is 12.4 Å². The van der Waals surface area contributed by atoms with Crippen molar-refractivity contribution in [1.82, 2.24) is 15.2 Å². The van der Waals surface area contributed by atoms with Gasteiger partial charge in [0.15, 0.2) is 0 Å². The number of likely N-dealkylation sites (N-methyl/N-ethyl adjacent to an activating group) is 1. The van der Waals surface area contributed by atoms with E-state index in [9.17, 15) is 23.2 Å². The molecule has 2 aromatic carbocycles. The third-order valence-corrected chi connectivity index (χ3v) is 6.11. The molecule has 3 rings (SSSR count). The Hall–Kier alpha value is -3.99. The van der Waals surface area contributed by atoms with Crippen LogP contribution in [0.5, 0.6) is 0 Å². The van der Waals surface area contributed by atoms with Crippen molar-refractivity contribution in [2.24, 2.45) is 0 Å². The van der Waals surface area contributed by atoms with Crippen LogP contribution in [0.1, 0.15) is 25.3 Å². The lowest BCUT2D eigenvalue weighted by atomic mass is 10.1. The van der Waals surface area contributed by atoms with Crippen LogP contribution in [0.25, 0.3) is 10.8 Å². The van der Waals surface area contributed by atoms with E-state index in [1.807, 2.05) is 0 Å². The number of nitrogens with zero attached hydrogens (tertiary/aromatic N) is 2. The van der Waals surface area contributed by atoms with Gasteiger partial charge in [0.2, 0.25) is 0 Å². The number of rotatable bonds is 9. The van der Waals surface area contributed by atoms with Gasteiger partial charge in [-0.05, 0) is 54.6 Å². The third kappa shape index (κ3) is 7.50. The van der Waals surface area contributed by atoms with Crippen LogP contribution in [-0.2, 0) is 16.1 Å². The maximum Gasteiger partial charge on any atom is 0.413 e. The van der Waals surface area contributed by atoms with Crippen LogP contribution in [0.2, 0.25) is 5.02 Å². The molecule has 0 fully saturated rings. The minimum absolute atomic E-state index is 0.0120. The number of halogens is 3. The highest BCUT2D eigenvalue weighted by Crippen LogP contribution is 2.21. The number of aromatic nitrogens is 1. The zero-order valence-electron chi connectivity index (χ0n) is 20.0. The first-order valence-electron chi connectivity index (χ1n) is 11.2. The van der Waals surface area contributed by atoms with Crippen LogP contribution < -0.4 is 10.6 Å². The van der Waals surface area contributed by atoms with E-state index < -0.39 is 41.9 Å². The maximum absolute atomic E-state index is 13.7. The van der Waals surface area contributed by atoms with Crippen molar-refractivity contribution >= 4 is 46.3 Å². The number of carbonyl (C=O) groups excluding carboxylic acids is 2. The van der Waals surface area contributed by atoms with Gasteiger partial charge in [-0.15, -0.1) is 0 Å². The van der Waals surface area contributed by atoms with Crippen molar-refractivity contribution in [3.05, 3.63) is 70.9 Å². The average molecular weight is 535 g/mol. The van der Waals surface area contributed by atoms with Gasteiger partial charge in [0.05, 0.1) is 11.1 Å². The Morgan fingerprint density at radius 3 is 2.65 bits per heavy atom. The van der Waals surface area contributed by atoms with E-state index in [-0.39, 0.29) is 30.2 Å². The fraction of sp³-hybridized carbons (Fsp3) is 0.280. The molecule has 0 saturated heterocycles. The van der Waals surface area contributed by atoms with Crippen LogP contribution >= 0.6 is 11.6 Å². The van der Waals surface area contributed by atoms with E-state index in [0.717, 1.165) is 0 Å². The smallest absolute Gasteiger partial charge is 0.413 e. The molecule has 3 N–H and O–H groups in total. The predicted octanol–water partition coefficient (Wildman–Crippen LogP) is 5.18. The van der Waals surface area contributed by atoms with E-state index in [0.29, 0.717) is 16.3 Å². The Balaban J connectivity index is 1.66. The first-order valence-corrected chi connectivity index (χ1v) is 11.6. The zero-order valence-corrected chi connectivity index (χ0v) is 20.8. The first-order chi connectivity index (χ1) is 17.5. The predicted molar refractivity (Wildman–Crippen MR) is 133 cm³/mol. The minimum atomic E-state index is -1.09. The highest BCUT2D eigenvalue weighted by molar-refractivity contribution is 6.31. The molecule has 0 bridgehead atoms. The number of nitrogens with one attached hydrogen (secondary N) is 2. The second kappa shape index (κ2) is 12.3. The molecular formula is C25H25ClF2N4O5. The van der Waals surface area contributed by atoms with Gasteiger partial charge in [0.25, 0.3) is 0 Å². The molecule has 0 spiro atoms. The molecule has 196 valence electrons. The van der Waals surface area contributed by atoms with Gasteiger partial charge < -0.3 is 20.1 Å². The molecular weight excluding hydrogens is 510 g/mol. The summed E-state index contributed by atoms with van der Waals surface area (Å²) < 4.78 is 32.6. The van der Waals surface area contributed by atoms with Crippen LogP contribution in [-0.4, -0.2) is 52.3 Å². The lowest BCUT2D eigenvalue weighted by molar-refractivity contribution is -0.137. The number of hydrogen-bond donors (Lipinski definition) is 3. The van der Waals surface area contributed by atoms with Crippen LogP contribution in [0, 0.1) is 11.6 Å². The van der Waals surface area contributed by atoms with Gasteiger partial charge in [-0.1, -0.05) is 23.7 Å². The SMILES string of the molecule is CC(OC(=O)Nc1cc2cc(F)ccc2cn1)[C@H](CCC(=O)O)N(C)C(=O)NCc1cccc(F)c1Cl. The number of benzene rings is 2. The fourth-order valence-corrected chi connectivity index (χ4v) is 3.90. The molecule has 9 nitrogen and oxygen atoms in total. The van der Waals surface area contributed by atoms with Gasteiger partial charge in [-0.25, -0.2) is 23.4 Å². The summed E-state index contributed by atoms with van der Waals surface area (Å²) in [4.78, 5) is 41.8. The molecule has 0 aliphatic carbocycles. The van der Waals surface area contributed by atoms with Crippen LogP contribution in [0.4, 0.5) is 24.2 Å². The van der Waals surface area contributed by atoms with Crippen LogP contribution in [0.3, 0.4) is 0 Å². The standard InChI is InChI=1S/C25H25ClF2N4O5/c1-14(37-25(36)31-21-11-17-10-18(27)7-6-15(17)12-29-21)20(8-9-22(33)34)32(2)24(35)30-13-16-4-3-5-19(28)23(16)26/h3-7,10-12,14,20H,8-9,13H2,1-2H3,(H,30,35)(H,33,34)(H,29,31,36)/t14?,20-/m0/s1. The molecule has 0 aliphatic heterocycles. The van der Waals surface area contributed by atoms with E-state index in [1.165, 1.54) is 55.4 Å². The summed E-state index contributed by atoms with van der Waals surface area (Å²) in [7, 11) is 1.42. The quantitative estimate of drug-likeness (QED) is 0.348. The lowest BCUT2D eigenvalue weighted by Crippen LogP contribution is -2.49. The third-order valence-electron chi connectivity index (χ3n) is 5.68. The Kier molecular flexibility index (Phi) is 9.18. The fourth-order valence-electron chi connectivity index (χ4n) is 3.71. The number of anilines is 1. The van der Waals surface area contributed by atoms with E-state index in [1.54, 1.807) is 12.1 Å². The molecule has 0 saturated carbocycles. The number of aliphatic carboxylic acids is 1. The van der Waals surface area contributed by atoms with Crippen LogP contribution in [0.15, 0.2) is 48.7 Å². The van der Waals surface area contributed by atoms with Gasteiger partial charge in [-0.2, -0.15) is 0 Å². The van der Waals surface area contributed by atoms with Crippen molar-refractivity contribution in [3.63, 3.8) is 0 Å². The molecule has 3 amide bonds. The topological polar surface area (TPSA) is 121 Å². The number of fused-ring (bicyclic) bond motifs is 1. The number of carboxylic acids is 1. The largest absolute Gasteiger partial charge is 0.481 e. The number of urea groups is 1. The summed E-state index contributed by atoms with van der Waals surface area (Å²) in [6, 6.07) is 8.40. The molecule has 3 aromatic rings. The normalized spacial score (nSPS) is 12.5. The number of carboxylic acid groups (broad SMARTS) is 1. The molecule has 1 heterocycles. The monoisotopic (exact) mass is 534 g/mol. The minimum Gasteiger partial charge on any atom is -0.481 e. The molecule has 0 aliphatic rings. The molecule has 1 unspecified atom stereocenters. The number of carbonyl (C=O) groups is 3. The summed E-state index contributed by atoms with van der Waals surface area (Å²) in [5.74, 6) is -2.03. The molecule has 0 radical (unpaired) electrons. The van der Waals surface area contributed by atoms with Crippen molar-refractivity contribution in [2.45, 2.75) is 38.5 Å². The summed E-state index contributed by atoms with van der Waals surface area (Å²) >= 11 is 5.92. The Bertz CT molecular complexity index is 1310. The molecule has 1 aromatic heterocycles. The second-order valence-electron chi connectivity index (χ2n) is 8.28. The number of pyridine rings is 1. The van der Waals surface area contributed by atoms with Gasteiger partial charge in [0.1, 0.15) is 23.6 Å². The van der Waals surface area contributed by atoms with E-state index in [2.05, 4.69) is 15.6 Å². The number of amides is 3. The summed E-state index contributed by atoms with van der Waals surface area (Å²) in [6.45, 7) is 1.44. The molecule has 2 atom stereocenters. The highest BCUT2D eigenvalue weighted by atomic mass is 35.5. The van der Waals surface area contributed by atoms with Crippen molar-refractivity contribution in [3.8, 4) is 0 Å². The summed E-state index contributed by atoms with van der Waals surface area (Å²) in [6.07, 6.45) is -0.651. The Morgan fingerprint density at radius 2 is 1.92 bits per heavy atom. The highest BCUT2D eigenvalue weighted by Gasteiger charge is 2.29. The van der Waals surface area contributed by atoms with Gasteiger partial charge >= 0.3 is 18.1 Å². The van der Waals surface area contributed by atoms with Crippen molar-refractivity contribution < 1.29 is 33.0 Å². The van der Waals surface area contributed by atoms with Crippen molar-refractivity contribution in [1.29, 1.82) is 0 Å².